The van der Waals surface area contributed by atoms with Gasteiger partial charge in [0, 0.05) is 52.3 Å². The second-order valence-electron chi connectivity index (χ2n) is 7.20. The van der Waals surface area contributed by atoms with Gasteiger partial charge in [-0.3, -0.25) is 4.79 Å². The van der Waals surface area contributed by atoms with E-state index in [2.05, 4.69) is 5.32 Å². The number of nitrogens with one attached hydrogen (secondary N) is 1. The van der Waals surface area contributed by atoms with E-state index >= 15 is 0 Å². The van der Waals surface area contributed by atoms with E-state index in [-0.39, 0.29) is 16.9 Å². The molecular weight excluding hydrogens is 284 g/mol. The van der Waals surface area contributed by atoms with Crippen molar-refractivity contribution in [3.63, 3.8) is 0 Å². The number of carbonyl (C=O) groups excluding carboxylic acids is 1. The van der Waals surface area contributed by atoms with E-state index in [1.165, 1.54) is 0 Å². The Hall–Kier alpha value is -0.690. The first-order valence-corrected chi connectivity index (χ1v) is 8.54. The van der Waals surface area contributed by atoms with Gasteiger partial charge in [-0.1, -0.05) is 0 Å². The fourth-order valence-corrected chi connectivity index (χ4v) is 4.53. The molecule has 4 heterocycles. The lowest BCUT2D eigenvalue weighted by Crippen LogP contribution is -2.61. The van der Waals surface area contributed by atoms with Gasteiger partial charge in [0.2, 0.25) is 5.91 Å². The standard InChI is InChI=1S/C16H26N2O4/c19-14(16-10-17-9-13(16)1-5-21-12-16)18-4-8-22-15(11-18)2-6-20-7-3-15/h13,17H,1-12H2/t13-,16+/m1/s1. The van der Waals surface area contributed by atoms with Crippen molar-refractivity contribution in [1.82, 2.24) is 10.2 Å². The number of amides is 1. The molecule has 0 aromatic carbocycles. The summed E-state index contributed by atoms with van der Waals surface area (Å²) >= 11 is 0. The maximum atomic E-state index is 13.3. The average molecular weight is 310 g/mol. The van der Waals surface area contributed by atoms with E-state index in [1.807, 2.05) is 4.90 Å². The van der Waals surface area contributed by atoms with Crippen LogP contribution in [0, 0.1) is 11.3 Å². The van der Waals surface area contributed by atoms with E-state index in [0.717, 1.165) is 52.2 Å². The number of ether oxygens (including phenoxy) is 3. The summed E-state index contributed by atoms with van der Waals surface area (Å²) < 4.78 is 17.2. The molecule has 6 nitrogen and oxygen atoms in total. The van der Waals surface area contributed by atoms with Gasteiger partial charge in [0.05, 0.1) is 24.2 Å². The summed E-state index contributed by atoms with van der Waals surface area (Å²) in [4.78, 5) is 15.3. The number of fused-ring (bicyclic) bond motifs is 1. The van der Waals surface area contributed by atoms with Crippen molar-refractivity contribution in [1.29, 1.82) is 0 Å². The van der Waals surface area contributed by atoms with Crippen LogP contribution >= 0.6 is 0 Å². The molecule has 1 spiro atoms. The van der Waals surface area contributed by atoms with E-state index < -0.39 is 0 Å². The highest BCUT2D eigenvalue weighted by molar-refractivity contribution is 5.84. The van der Waals surface area contributed by atoms with Crippen molar-refractivity contribution >= 4 is 5.91 Å². The van der Waals surface area contributed by atoms with Gasteiger partial charge in [-0.2, -0.15) is 0 Å². The fraction of sp³-hybridized carbons (Fsp3) is 0.938. The highest BCUT2D eigenvalue weighted by Gasteiger charge is 2.54. The molecule has 0 saturated carbocycles. The van der Waals surface area contributed by atoms with Gasteiger partial charge in [-0.05, 0) is 18.9 Å². The van der Waals surface area contributed by atoms with Crippen LogP contribution in [0.1, 0.15) is 19.3 Å². The van der Waals surface area contributed by atoms with E-state index in [0.29, 0.717) is 32.2 Å². The highest BCUT2D eigenvalue weighted by atomic mass is 16.5. The third-order valence-electron chi connectivity index (χ3n) is 5.95. The first kappa shape index (κ1) is 14.9. The number of morpholine rings is 1. The van der Waals surface area contributed by atoms with Crippen LogP contribution in [0.15, 0.2) is 0 Å². The smallest absolute Gasteiger partial charge is 0.232 e. The van der Waals surface area contributed by atoms with Crippen LogP contribution in [-0.2, 0) is 19.0 Å². The summed E-state index contributed by atoms with van der Waals surface area (Å²) in [5, 5.41) is 3.42. The zero-order valence-electron chi connectivity index (χ0n) is 13.1. The summed E-state index contributed by atoms with van der Waals surface area (Å²) in [6, 6.07) is 0. The van der Waals surface area contributed by atoms with Gasteiger partial charge in [-0.25, -0.2) is 0 Å². The lowest BCUT2D eigenvalue weighted by Gasteiger charge is -2.48. The predicted octanol–water partition coefficient (Wildman–Crippen LogP) is 0.0205. The minimum atomic E-state index is -0.345. The molecule has 4 rings (SSSR count). The highest BCUT2D eigenvalue weighted by Crippen LogP contribution is 2.40. The molecule has 6 heteroatoms. The molecule has 1 N–H and O–H groups in total. The Morgan fingerprint density at radius 2 is 2.00 bits per heavy atom. The molecule has 0 aromatic rings. The molecule has 22 heavy (non-hydrogen) atoms. The lowest BCUT2D eigenvalue weighted by molar-refractivity contribution is -0.180. The number of hydrogen-bond acceptors (Lipinski definition) is 5. The summed E-state index contributed by atoms with van der Waals surface area (Å²) in [7, 11) is 0. The van der Waals surface area contributed by atoms with Crippen LogP contribution in [-0.4, -0.2) is 75.6 Å². The van der Waals surface area contributed by atoms with Crippen molar-refractivity contribution in [3.05, 3.63) is 0 Å². The Labute approximate surface area is 131 Å². The van der Waals surface area contributed by atoms with Gasteiger partial charge < -0.3 is 24.4 Å². The quantitative estimate of drug-likeness (QED) is 0.740. The van der Waals surface area contributed by atoms with Crippen molar-refractivity contribution in [2.75, 3.05) is 59.2 Å². The maximum Gasteiger partial charge on any atom is 0.232 e. The maximum absolute atomic E-state index is 13.3. The molecule has 0 unspecified atom stereocenters. The van der Waals surface area contributed by atoms with Crippen molar-refractivity contribution < 1.29 is 19.0 Å². The number of nitrogens with zero attached hydrogens (tertiary/aromatic N) is 1. The van der Waals surface area contributed by atoms with Crippen LogP contribution in [0.4, 0.5) is 0 Å². The molecule has 4 fully saturated rings. The molecule has 124 valence electrons. The summed E-state index contributed by atoms with van der Waals surface area (Å²) in [5.74, 6) is 0.693. The Morgan fingerprint density at radius 3 is 2.86 bits per heavy atom. The molecular formula is C16H26N2O4. The third-order valence-corrected chi connectivity index (χ3v) is 5.95. The van der Waals surface area contributed by atoms with Gasteiger partial charge in [0.25, 0.3) is 0 Å². The van der Waals surface area contributed by atoms with Gasteiger partial charge >= 0.3 is 0 Å². The summed E-state index contributed by atoms with van der Waals surface area (Å²) in [6.45, 7) is 6.58. The molecule has 4 aliphatic heterocycles. The topological polar surface area (TPSA) is 60.0 Å². The number of carbonyl (C=O) groups is 1. The monoisotopic (exact) mass is 310 g/mol. The van der Waals surface area contributed by atoms with Crippen LogP contribution in [0.5, 0.6) is 0 Å². The van der Waals surface area contributed by atoms with Crippen LogP contribution in [0.25, 0.3) is 0 Å². The van der Waals surface area contributed by atoms with Gasteiger partial charge in [0.1, 0.15) is 0 Å². The van der Waals surface area contributed by atoms with Crippen LogP contribution in [0.3, 0.4) is 0 Å². The minimum Gasteiger partial charge on any atom is -0.381 e. The van der Waals surface area contributed by atoms with E-state index in [1.54, 1.807) is 0 Å². The molecule has 0 aliphatic carbocycles. The molecule has 2 atom stereocenters. The first-order valence-electron chi connectivity index (χ1n) is 8.54. The molecule has 0 radical (unpaired) electrons. The van der Waals surface area contributed by atoms with Crippen LogP contribution < -0.4 is 5.32 Å². The normalized spacial score (nSPS) is 38.0. The zero-order valence-corrected chi connectivity index (χ0v) is 13.1. The third kappa shape index (κ3) is 2.37. The molecule has 4 saturated heterocycles. The van der Waals surface area contributed by atoms with E-state index in [4.69, 9.17) is 14.2 Å². The molecule has 0 bridgehead atoms. The molecule has 1 amide bonds. The Kier molecular flexibility index (Phi) is 3.88. The second kappa shape index (κ2) is 5.74. The largest absolute Gasteiger partial charge is 0.381 e. The van der Waals surface area contributed by atoms with Gasteiger partial charge in [0.15, 0.2) is 0 Å². The summed E-state index contributed by atoms with van der Waals surface area (Å²) in [5.41, 5.74) is -0.526. The number of hydrogen-bond donors (Lipinski definition) is 1. The first-order chi connectivity index (χ1) is 10.7. The van der Waals surface area contributed by atoms with Crippen molar-refractivity contribution in [2.45, 2.75) is 24.9 Å². The number of rotatable bonds is 1. The summed E-state index contributed by atoms with van der Waals surface area (Å²) in [6.07, 6.45) is 2.77. The second-order valence-corrected chi connectivity index (χ2v) is 7.20. The predicted molar refractivity (Wildman–Crippen MR) is 79.5 cm³/mol. The SMILES string of the molecule is O=C(N1CCOC2(CCOCC2)C1)[C@]12CNC[C@H]1CCOC2. The Balaban J connectivity index is 1.52. The van der Waals surface area contributed by atoms with Crippen LogP contribution in [0.2, 0.25) is 0 Å². The minimum absolute atomic E-state index is 0.181. The van der Waals surface area contributed by atoms with E-state index in [9.17, 15) is 4.79 Å². The fourth-order valence-electron chi connectivity index (χ4n) is 4.53. The van der Waals surface area contributed by atoms with Crippen molar-refractivity contribution in [2.24, 2.45) is 11.3 Å². The average Bonchev–Trinajstić information content (AvgIpc) is 3.00. The Morgan fingerprint density at radius 1 is 1.14 bits per heavy atom. The van der Waals surface area contributed by atoms with Gasteiger partial charge in [-0.15, -0.1) is 0 Å². The molecule has 0 aromatic heterocycles. The lowest BCUT2D eigenvalue weighted by atomic mass is 9.74. The van der Waals surface area contributed by atoms with Crippen molar-refractivity contribution in [3.8, 4) is 0 Å². The zero-order chi connectivity index (χ0) is 15.0. The molecule has 4 aliphatic rings. The Bertz CT molecular complexity index is 432.